The Morgan fingerprint density at radius 3 is 2.89 bits per heavy atom. The lowest BCUT2D eigenvalue weighted by Gasteiger charge is -2.19. The molecule has 3 aromatic rings. The predicted octanol–water partition coefficient (Wildman–Crippen LogP) is 1.57. The number of aliphatic hydroxyl groups is 1. The van der Waals surface area contributed by atoms with E-state index in [1.165, 1.54) is 12.3 Å². The number of rotatable bonds is 5. The minimum Gasteiger partial charge on any atom is -0.391 e. The van der Waals surface area contributed by atoms with Crippen molar-refractivity contribution in [1.29, 1.82) is 0 Å². The number of pyridine rings is 2. The van der Waals surface area contributed by atoms with Crippen LogP contribution in [0.15, 0.2) is 40.2 Å². The number of hydrogen-bond donors (Lipinski definition) is 4. The van der Waals surface area contributed by atoms with E-state index >= 15 is 0 Å². The molecule has 4 N–H and O–H groups in total. The van der Waals surface area contributed by atoms with Crippen molar-refractivity contribution in [3.63, 3.8) is 0 Å². The van der Waals surface area contributed by atoms with E-state index in [1.807, 2.05) is 13.0 Å². The molecule has 9 heteroatoms. The van der Waals surface area contributed by atoms with Crippen molar-refractivity contribution in [2.75, 3.05) is 10.6 Å². The molecule has 28 heavy (non-hydrogen) atoms. The number of aromatic nitrogens is 4. The van der Waals surface area contributed by atoms with Crippen molar-refractivity contribution in [3.05, 3.63) is 51.3 Å². The molecular weight excluding hydrogens is 360 g/mol. The molecule has 3 aromatic heterocycles. The molecule has 0 aromatic carbocycles. The largest absolute Gasteiger partial charge is 0.391 e. The smallest absolute Gasteiger partial charge is 0.262 e. The van der Waals surface area contributed by atoms with Crippen LogP contribution in [0.4, 0.5) is 17.6 Å². The van der Waals surface area contributed by atoms with Gasteiger partial charge < -0.3 is 20.3 Å². The van der Waals surface area contributed by atoms with E-state index in [9.17, 15) is 14.7 Å². The van der Waals surface area contributed by atoms with Crippen LogP contribution in [0, 0.1) is 0 Å². The lowest BCUT2D eigenvalue weighted by atomic mass is 10.1. The number of anilines is 3. The molecule has 146 valence electrons. The number of fused-ring (bicyclic) bond motifs is 1. The number of aliphatic hydroxyl groups excluding tert-OH is 1. The monoisotopic (exact) mass is 382 g/mol. The minimum absolute atomic E-state index is 0.139. The van der Waals surface area contributed by atoms with Crippen molar-refractivity contribution in [1.82, 2.24) is 19.5 Å². The summed E-state index contributed by atoms with van der Waals surface area (Å²) >= 11 is 0. The maximum Gasteiger partial charge on any atom is 0.262 e. The van der Waals surface area contributed by atoms with Crippen LogP contribution in [-0.4, -0.2) is 36.8 Å². The van der Waals surface area contributed by atoms with Crippen LogP contribution in [0.2, 0.25) is 0 Å². The van der Waals surface area contributed by atoms with Crippen molar-refractivity contribution in [2.45, 2.75) is 44.9 Å². The van der Waals surface area contributed by atoms with Crippen molar-refractivity contribution >= 4 is 28.4 Å². The lowest BCUT2D eigenvalue weighted by molar-refractivity contribution is 0.171. The average Bonchev–Trinajstić information content (AvgIpc) is 3.06. The lowest BCUT2D eigenvalue weighted by Crippen LogP contribution is -2.30. The molecule has 2 atom stereocenters. The molecule has 0 spiro atoms. The highest BCUT2D eigenvalue weighted by molar-refractivity contribution is 5.93. The molecule has 2 unspecified atom stereocenters. The van der Waals surface area contributed by atoms with Gasteiger partial charge in [0.05, 0.1) is 17.5 Å². The topological polar surface area (TPSA) is 125 Å². The molecule has 0 amide bonds. The Bertz CT molecular complexity index is 1120. The summed E-state index contributed by atoms with van der Waals surface area (Å²) in [5.74, 6) is 1.11. The summed E-state index contributed by atoms with van der Waals surface area (Å²) in [5.41, 5.74) is -0.420. The molecule has 9 nitrogen and oxygen atoms in total. The Morgan fingerprint density at radius 1 is 1.32 bits per heavy atom. The molecule has 1 aliphatic rings. The van der Waals surface area contributed by atoms with Gasteiger partial charge in [0.1, 0.15) is 11.6 Å². The van der Waals surface area contributed by atoms with Gasteiger partial charge in [0, 0.05) is 25.0 Å². The summed E-state index contributed by atoms with van der Waals surface area (Å²) in [5, 5.41) is 17.6. The van der Waals surface area contributed by atoms with Gasteiger partial charge in [-0.05, 0) is 43.7 Å². The summed E-state index contributed by atoms with van der Waals surface area (Å²) in [6, 6.07) is 4.75. The van der Waals surface area contributed by atoms with Gasteiger partial charge in [-0.15, -0.1) is 0 Å². The number of aromatic amines is 1. The molecule has 0 bridgehead atoms. The second-order valence-electron chi connectivity index (χ2n) is 6.88. The first kappa shape index (κ1) is 18.2. The summed E-state index contributed by atoms with van der Waals surface area (Å²) in [7, 11) is 0. The predicted molar refractivity (Wildman–Crippen MR) is 107 cm³/mol. The minimum atomic E-state index is -0.474. The van der Waals surface area contributed by atoms with Crippen molar-refractivity contribution < 1.29 is 5.11 Å². The maximum absolute atomic E-state index is 12.9. The summed E-state index contributed by atoms with van der Waals surface area (Å²) in [4.78, 5) is 35.6. The zero-order chi connectivity index (χ0) is 19.7. The Balaban J connectivity index is 1.81. The van der Waals surface area contributed by atoms with Gasteiger partial charge in [-0.25, -0.2) is 9.97 Å². The number of hydrogen-bond acceptors (Lipinski definition) is 7. The molecular formula is C19H22N6O3. The molecule has 0 radical (unpaired) electrons. The fraction of sp³-hybridized carbons (Fsp3) is 0.368. The van der Waals surface area contributed by atoms with E-state index in [4.69, 9.17) is 0 Å². The zero-order valence-electron chi connectivity index (χ0n) is 15.5. The fourth-order valence-electron chi connectivity index (χ4n) is 3.56. The van der Waals surface area contributed by atoms with E-state index in [0.29, 0.717) is 29.0 Å². The van der Waals surface area contributed by atoms with Crippen LogP contribution >= 0.6 is 0 Å². The molecule has 3 heterocycles. The van der Waals surface area contributed by atoms with Crippen LogP contribution in [0.1, 0.15) is 26.2 Å². The van der Waals surface area contributed by atoms with Gasteiger partial charge in [-0.1, -0.05) is 0 Å². The van der Waals surface area contributed by atoms with Crippen LogP contribution < -0.4 is 21.8 Å². The maximum atomic E-state index is 12.9. The third-order valence-electron chi connectivity index (χ3n) is 5.02. The van der Waals surface area contributed by atoms with Gasteiger partial charge >= 0.3 is 0 Å². The molecule has 1 aliphatic carbocycles. The molecule has 0 saturated heterocycles. The van der Waals surface area contributed by atoms with E-state index in [1.54, 1.807) is 16.8 Å². The Hall–Kier alpha value is -3.20. The third kappa shape index (κ3) is 3.48. The second-order valence-corrected chi connectivity index (χ2v) is 6.88. The Kier molecular flexibility index (Phi) is 4.82. The normalized spacial score (nSPS) is 19.1. The molecule has 4 rings (SSSR count). The van der Waals surface area contributed by atoms with Crippen LogP contribution in [-0.2, 0) is 6.54 Å². The van der Waals surface area contributed by atoms with Crippen LogP contribution in [0.3, 0.4) is 0 Å². The van der Waals surface area contributed by atoms with E-state index in [-0.39, 0.29) is 23.1 Å². The van der Waals surface area contributed by atoms with Gasteiger partial charge in [0.2, 0.25) is 5.95 Å². The average molecular weight is 382 g/mol. The second kappa shape index (κ2) is 7.43. The zero-order valence-corrected chi connectivity index (χ0v) is 15.5. The first-order chi connectivity index (χ1) is 13.5. The Morgan fingerprint density at radius 2 is 2.18 bits per heavy atom. The summed E-state index contributed by atoms with van der Waals surface area (Å²) in [6.45, 7) is 2.46. The highest BCUT2D eigenvalue weighted by atomic mass is 16.3. The van der Waals surface area contributed by atoms with Gasteiger partial charge in [-0.2, -0.15) is 0 Å². The first-order valence-electron chi connectivity index (χ1n) is 9.36. The number of nitrogens with one attached hydrogen (secondary N) is 3. The van der Waals surface area contributed by atoms with Crippen LogP contribution in [0.25, 0.3) is 10.8 Å². The quantitative estimate of drug-likeness (QED) is 0.528. The van der Waals surface area contributed by atoms with Gasteiger partial charge in [-0.3, -0.25) is 14.6 Å². The van der Waals surface area contributed by atoms with Crippen molar-refractivity contribution in [2.24, 2.45) is 0 Å². The fourth-order valence-corrected chi connectivity index (χ4v) is 3.56. The number of H-pyrrole nitrogens is 1. The van der Waals surface area contributed by atoms with Gasteiger partial charge in [0.25, 0.3) is 11.1 Å². The highest BCUT2D eigenvalue weighted by Gasteiger charge is 2.26. The van der Waals surface area contributed by atoms with E-state index in [0.717, 1.165) is 19.3 Å². The molecule has 1 saturated carbocycles. The third-order valence-corrected chi connectivity index (χ3v) is 5.02. The van der Waals surface area contributed by atoms with E-state index < -0.39 is 6.10 Å². The number of aryl methyl sites for hydroxylation is 1. The first-order valence-corrected chi connectivity index (χ1v) is 9.36. The SMILES string of the molecule is CCn1ccc2cc(Nc3nccc(=O)[nH]3)nc(NC3CCCC3O)c2c1=O. The number of nitrogens with zero attached hydrogens (tertiary/aromatic N) is 3. The molecule has 0 aliphatic heterocycles. The van der Waals surface area contributed by atoms with Gasteiger partial charge in [0.15, 0.2) is 0 Å². The van der Waals surface area contributed by atoms with E-state index in [2.05, 4.69) is 25.6 Å². The van der Waals surface area contributed by atoms with Crippen molar-refractivity contribution in [3.8, 4) is 0 Å². The summed E-state index contributed by atoms with van der Waals surface area (Å²) in [6.07, 6.45) is 5.12. The Labute approximate surface area is 160 Å². The standard InChI is InChI=1S/C19H22N6O3/c1-2-25-9-7-11-10-14(23-19-20-8-6-15(27)24-19)22-17(16(11)18(25)28)21-12-4-3-5-13(12)26/h6-10,12-13,26H,2-5H2,1H3,(H3,20,21,22,23,24,27). The summed E-state index contributed by atoms with van der Waals surface area (Å²) < 4.78 is 1.61. The van der Waals surface area contributed by atoms with Crippen LogP contribution in [0.5, 0.6) is 0 Å². The molecule has 1 fully saturated rings. The highest BCUT2D eigenvalue weighted by Crippen LogP contribution is 2.27.